The largest absolute Gasteiger partial charge is 0.454 e. The van der Waals surface area contributed by atoms with Crippen molar-refractivity contribution in [2.45, 2.75) is 13.1 Å². The van der Waals surface area contributed by atoms with Crippen molar-refractivity contribution < 1.29 is 14.3 Å². The summed E-state index contributed by atoms with van der Waals surface area (Å²) in [6, 6.07) is 13.7. The number of benzene rings is 2. The van der Waals surface area contributed by atoms with Gasteiger partial charge in [0.2, 0.25) is 6.79 Å². The Balaban J connectivity index is 1.34. The molecule has 1 N–H and O–H groups in total. The first-order valence-corrected chi connectivity index (χ1v) is 9.03. The summed E-state index contributed by atoms with van der Waals surface area (Å²) in [6.45, 7) is 1.86. The van der Waals surface area contributed by atoms with Crippen molar-refractivity contribution in [3.05, 3.63) is 71.5 Å². The minimum Gasteiger partial charge on any atom is -0.454 e. The van der Waals surface area contributed by atoms with E-state index in [0.717, 1.165) is 30.2 Å². The molecule has 7 nitrogen and oxygen atoms in total. The first-order chi connectivity index (χ1) is 13.6. The van der Waals surface area contributed by atoms with E-state index in [0.29, 0.717) is 11.3 Å². The van der Waals surface area contributed by atoms with Gasteiger partial charge in [0, 0.05) is 31.9 Å². The van der Waals surface area contributed by atoms with Crippen LogP contribution in [0.4, 0.5) is 5.69 Å². The Hall–Kier alpha value is -3.32. The number of anilines is 1. The zero-order valence-corrected chi connectivity index (χ0v) is 15.9. The van der Waals surface area contributed by atoms with E-state index < -0.39 is 0 Å². The molecule has 1 aliphatic heterocycles. The standard InChI is InChI=1S/C21H22N4O3/c1-24(12-16-5-8-19-20(9-16)28-14-27-19)11-15-3-6-17(7-4-15)21(26)23-18-10-22-25(2)13-18/h3-10,13H,11-12,14H2,1-2H3,(H,23,26). The fourth-order valence-corrected chi connectivity index (χ4v) is 3.17. The number of hydrogen-bond donors (Lipinski definition) is 1. The lowest BCUT2D eigenvalue weighted by Gasteiger charge is -2.17. The molecule has 28 heavy (non-hydrogen) atoms. The monoisotopic (exact) mass is 378 g/mol. The number of fused-ring (bicyclic) bond motifs is 1. The highest BCUT2D eigenvalue weighted by molar-refractivity contribution is 6.04. The maximum Gasteiger partial charge on any atom is 0.255 e. The lowest BCUT2D eigenvalue weighted by Crippen LogP contribution is -2.17. The molecule has 3 aromatic rings. The molecule has 2 aromatic carbocycles. The first-order valence-electron chi connectivity index (χ1n) is 9.03. The summed E-state index contributed by atoms with van der Waals surface area (Å²) in [6.07, 6.45) is 3.38. The van der Waals surface area contributed by atoms with Crippen LogP contribution in [-0.2, 0) is 20.1 Å². The Bertz CT molecular complexity index is 982. The van der Waals surface area contributed by atoms with Gasteiger partial charge in [-0.1, -0.05) is 18.2 Å². The van der Waals surface area contributed by atoms with E-state index in [1.807, 2.05) is 43.4 Å². The van der Waals surface area contributed by atoms with Crippen LogP contribution in [0.5, 0.6) is 11.5 Å². The molecule has 4 rings (SSSR count). The summed E-state index contributed by atoms with van der Waals surface area (Å²) in [7, 11) is 3.87. The second-order valence-corrected chi connectivity index (χ2v) is 6.91. The van der Waals surface area contributed by atoms with E-state index in [1.165, 1.54) is 5.56 Å². The summed E-state index contributed by atoms with van der Waals surface area (Å²) in [4.78, 5) is 14.5. The highest BCUT2D eigenvalue weighted by Crippen LogP contribution is 2.32. The maximum atomic E-state index is 12.3. The van der Waals surface area contributed by atoms with Crippen LogP contribution in [-0.4, -0.2) is 34.4 Å². The molecule has 0 fully saturated rings. The normalized spacial score (nSPS) is 12.4. The van der Waals surface area contributed by atoms with Gasteiger partial charge < -0.3 is 14.8 Å². The van der Waals surface area contributed by atoms with Crippen molar-refractivity contribution in [1.29, 1.82) is 0 Å². The molecule has 0 saturated heterocycles. The average Bonchev–Trinajstić information content (AvgIpc) is 3.30. The number of carbonyl (C=O) groups excluding carboxylic acids is 1. The van der Waals surface area contributed by atoms with Crippen molar-refractivity contribution in [1.82, 2.24) is 14.7 Å². The fourth-order valence-electron chi connectivity index (χ4n) is 3.17. The van der Waals surface area contributed by atoms with Crippen molar-refractivity contribution in [2.75, 3.05) is 19.2 Å². The SMILES string of the molecule is CN(Cc1ccc(C(=O)Nc2cnn(C)c2)cc1)Cc1ccc2c(c1)OCO2. The van der Waals surface area contributed by atoms with Crippen molar-refractivity contribution in [3.63, 3.8) is 0 Å². The zero-order valence-electron chi connectivity index (χ0n) is 15.9. The topological polar surface area (TPSA) is 68.6 Å². The van der Waals surface area contributed by atoms with Gasteiger partial charge in [-0.05, 0) is 42.4 Å². The van der Waals surface area contributed by atoms with Gasteiger partial charge in [-0.25, -0.2) is 0 Å². The minimum atomic E-state index is -0.145. The van der Waals surface area contributed by atoms with E-state index in [9.17, 15) is 4.79 Å². The lowest BCUT2D eigenvalue weighted by molar-refractivity contribution is 0.102. The molecular formula is C21H22N4O3. The Morgan fingerprint density at radius 2 is 1.82 bits per heavy atom. The fraction of sp³-hybridized carbons (Fsp3) is 0.238. The number of carbonyl (C=O) groups is 1. The van der Waals surface area contributed by atoms with E-state index in [2.05, 4.69) is 28.4 Å². The molecule has 1 amide bonds. The number of nitrogens with zero attached hydrogens (tertiary/aromatic N) is 3. The number of amides is 1. The molecule has 0 atom stereocenters. The van der Waals surface area contributed by atoms with Gasteiger partial charge in [-0.3, -0.25) is 14.4 Å². The smallest absolute Gasteiger partial charge is 0.255 e. The number of aryl methyl sites for hydroxylation is 1. The summed E-state index contributed by atoms with van der Waals surface area (Å²) in [5.41, 5.74) is 3.60. The average molecular weight is 378 g/mol. The number of hydrogen-bond acceptors (Lipinski definition) is 5. The molecule has 1 aliphatic rings. The Kier molecular flexibility index (Phi) is 4.99. The molecule has 0 unspecified atom stereocenters. The third kappa shape index (κ3) is 4.15. The molecule has 2 heterocycles. The molecule has 0 spiro atoms. The van der Waals surface area contributed by atoms with E-state index >= 15 is 0 Å². The molecule has 1 aromatic heterocycles. The predicted octanol–water partition coefficient (Wildman–Crippen LogP) is 3.03. The molecule has 0 radical (unpaired) electrons. The third-order valence-electron chi connectivity index (χ3n) is 4.52. The molecule has 144 valence electrons. The number of aromatic nitrogens is 2. The second-order valence-electron chi connectivity index (χ2n) is 6.91. The Morgan fingerprint density at radius 1 is 1.11 bits per heavy atom. The highest BCUT2D eigenvalue weighted by Gasteiger charge is 2.14. The van der Waals surface area contributed by atoms with Crippen LogP contribution in [0, 0.1) is 0 Å². The van der Waals surface area contributed by atoms with Crippen LogP contribution in [0.1, 0.15) is 21.5 Å². The Labute approximate surface area is 163 Å². The third-order valence-corrected chi connectivity index (χ3v) is 4.52. The van der Waals surface area contributed by atoms with Crippen molar-refractivity contribution in [2.24, 2.45) is 7.05 Å². The van der Waals surface area contributed by atoms with Gasteiger partial charge >= 0.3 is 0 Å². The highest BCUT2D eigenvalue weighted by atomic mass is 16.7. The number of rotatable bonds is 6. The second kappa shape index (κ2) is 7.74. The van der Waals surface area contributed by atoms with Crippen LogP contribution in [0.15, 0.2) is 54.9 Å². The van der Waals surface area contributed by atoms with E-state index in [1.54, 1.807) is 17.1 Å². The van der Waals surface area contributed by atoms with Crippen LogP contribution >= 0.6 is 0 Å². The summed E-state index contributed by atoms with van der Waals surface area (Å²) < 4.78 is 12.4. The summed E-state index contributed by atoms with van der Waals surface area (Å²) >= 11 is 0. The van der Waals surface area contributed by atoms with Gasteiger partial charge in [-0.15, -0.1) is 0 Å². The minimum absolute atomic E-state index is 0.145. The van der Waals surface area contributed by atoms with E-state index in [-0.39, 0.29) is 12.7 Å². The van der Waals surface area contributed by atoms with Crippen LogP contribution in [0.2, 0.25) is 0 Å². The van der Waals surface area contributed by atoms with Gasteiger partial charge in [0.15, 0.2) is 11.5 Å². The predicted molar refractivity (Wildman–Crippen MR) is 105 cm³/mol. The Morgan fingerprint density at radius 3 is 2.57 bits per heavy atom. The maximum absolute atomic E-state index is 12.3. The number of nitrogens with one attached hydrogen (secondary N) is 1. The lowest BCUT2D eigenvalue weighted by atomic mass is 10.1. The van der Waals surface area contributed by atoms with Gasteiger partial charge in [0.1, 0.15) is 0 Å². The van der Waals surface area contributed by atoms with Crippen molar-refractivity contribution in [3.8, 4) is 11.5 Å². The number of ether oxygens (including phenoxy) is 2. The molecule has 0 bridgehead atoms. The van der Waals surface area contributed by atoms with Crippen LogP contribution < -0.4 is 14.8 Å². The molecular weight excluding hydrogens is 356 g/mol. The molecule has 7 heteroatoms. The molecule has 0 saturated carbocycles. The van der Waals surface area contributed by atoms with E-state index in [4.69, 9.17) is 9.47 Å². The van der Waals surface area contributed by atoms with Crippen LogP contribution in [0.25, 0.3) is 0 Å². The van der Waals surface area contributed by atoms with Gasteiger partial charge in [-0.2, -0.15) is 5.10 Å². The van der Waals surface area contributed by atoms with Crippen molar-refractivity contribution >= 4 is 11.6 Å². The zero-order chi connectivity index (χ0) is 19.5. The quantitative estimate of drug-likeness (QED) is 0.714. The van der Waals surface area contributed by atoms with Crippen LogP contribution in [0.3, 0.4) is 0 Å². The first kappa shape index (κ1) is 18.1. The van der Waals surface area contributed by atoms with Gasteiger partial charge in [0.05, 0.1) is 11.9 Å². The molecule has 0 aliphatic carbocycles. The summed E-state index contributed by atoms with van der Waals surface area (Å²) in [5.74, 6) is 1.45. The summed E-state index contributed by atoms with van der Waals surface area (Å²) in [5, 5.41) is 6.88. The van der Waals surface area contributed by atoms with Gasteiger partial charge in [0.25, 0.3) is 5.91 Å².